The minimum absolute atomic E-state index is 0.295. The lowest BCUT2D eigenvalue weighted by Crippen LogP contribution is -2.36. The van der Waals surface area contributed by atoms with Crippen molar-refractivity contribution in [3.63, 3.8) is 0 Å². The molecule has 0 saturated carbocycles. The van der Waals surface area contributed by atoms with E-state index in [0.717, 1.165) is 35.9 Å². The average Bonchev–Trinajstić information content (AvgIpc) is 3.26. The van der Waals surface area contributed by atoms with E-state index < -0.39 is 0 Å². The zero-order chi connectivity index (χ0) is 21.9. The first-order chi connectivity index (χ1) is 15.7. The van der Waals surface area contributed by atoms with Gasteiger partial charge in [-0.1, -0.05) is 0 Å². The van der Waals surface area contributed by atoms with Gasteiger partial charge in [0.1, 0.15) is 12.1 Å². The normalized spacial score (nSPS) is 13.9. The van der Waals surface area contributed by atoms with Gasteiger partial charge in [-0.25, -0.2) is 14.4 Å². The Hall–Kier alpha value is -3.85. The van der Waals surface area contributed by atoms with E-state index in [2.05, 4.69) is 30.4 Å². The number of benzene rings is 2. The second-order valence-electron chi connectivity index (χ2n) is 7.53. The number of anilines is 3. The molecule has 0 radical (unpaired) electrons. The van der Waals surface area contributed by atoms with Gasteiger partial charge in [-0.05, 0) is 48.5 Å². The van der Waals surface area contributed by atoms with Gasteiger partial charge in [0.2, 0.25) is 5.95 Å². The van der Waals surface area contributed by atoms with Gasteiger partial charge in [0.15, 0.2) is 5.82 Å². The molecule has 4 aromatic rings. The molecule has 0 amide bonds. The number of hydrogen-bond acceptors (Lipinski definition) is 7. The van der Waals surface area contributed by atoms with Gasteiger partial charge in [-0.2, -0.15) is 0 Å². The maximum Gasteiger partial charge on any atom is 0.227 e. The van der Waals surface area contributed by atoms with Gasteiger partial charge in [0, 0.05) is 48.8 Å². The summed E-state index contributed by atoms with van der Waals surface area (Å²) in [5.74, 6) is 0.930. The molecule has 9 heteroatoms. The first kappa shape index (κ1) is 20.1. The SMILES string of the molecule is Cn1cnnc1-c1ccc(Nc2nccc(-c3cc(F)cc(N4CCOCC4)c3)n2)cc1. The number of aromatic nitrogens is 5. The third-order valence-corrected chi connectivity index (χ3v) is 5.32. The Bertz CT molecular complexity index is 1220. The molecule has 1 N–H and O–H groups in total. The first-order valence-electron chi connectivity index (χ1n) is 10.3. The molecule has 0 bridgehead atoms. The zero-order valence-electron chi connectivity index (χ0n) is 17.6. The maximum atomic E-state index is 14.4. The maximum absolute atomic E-state index is 14.4. The number of nitrogens with zero attached hydrogens (tertiary/aromatic N) is 6. The van der Waals surface area contributed by atoms with Crippen molar-refractivity contribution in [2.75, 3.05) is 36.5 Å². The third-order valence-electron chi connectivity index (χ3n) is 5.32. The molecule has 32 heavy (non-hydrogen) atoms. The van der Waals surface area contributed by atoms with Gasteiger partial charge in [-0.3, -0.25) is 0 Å². The molecular weight excluding hydrogens is 409 g/mol. The van der Waals surface area contributed by atoms with E-state index in [1.54, 1.807) is 24.7 Å². The van der Waals surface area contributed by atoms with Crippen LogP contribution in [-0.2, 0) is 11.8 Å². The number of rotatable bonds is 5. The van der Waals surface area contributed by atoms with Crippen LogP contribution < -0.4 is 10.2 Å². The van der Waals surface area contributed by atoms with E-state index in [0.29, 0.717) is 30.4 Å². The molecule has 2 aromatic heterocycles. The van der Waals surface area contributed by atoms with E-state index >= 15 is 0 Å². The molecule has 0 atom stereocenters. The Morgan fingerprint density at radius 3 is 2.56 bits per heavy atom. The number of aryl methyl sites for hydroxylation is 1. The van der Waals surface area contributed by atoms with Gasteiger partial charge in [0.05, 0.1) is 18.9 Å². The van der Waals surface area contributed by atoms with Crippen LogP contribution in [0.1, 0.15) is 0 Å². The number of morpholine rings is 1. The van der Waals surface area contributed by atoms with Gasteiger partial charge in [0.25, 0.3) is 0 Å². The van der Waals surface area contributed by atoms with Crippen molar-refractivity contribution < 1.29 is 9.13 Å². The van der Waals surface area contributed by atoms with Crippen molar-refractivity contribution in [1.29, 1.82) is 0 Å². The quantitative estimate of drug-likeness (QED) is 0.516. The summed E-state index contributed by atoms with van der Waals surface area (Å²) in [7, 11) is 1.90. The number of hydrogen-bond donors (Lipinski definition) is 1. The molecule has 5 rings (SSSR count). The summed E-state index contributed by atoms with van der Waals surface area (Å²) >= 11 is 0. The molecule has 162 valence electrons. The van der Waals surface area contributed by atoms with Crippen LogP contribution in [0.15, 0.2) is 61.1 Å². The van der Waals surface area contributed by atoms with Crippen molar-refractivity contribution in [2.45, 2.75) is 0 Å². The van der Waals surface area contributed by atoms with Crippen LogP contribution in [-0.4, -0.2) is 51.0 Å². The van der Waals surface area contributed by atoms with Gasteiger partial charge >= 0.3 is 0 Å². The molecule has 2 aromatic carbocycles. The highest BCUT2D eigenvalue weighted by atomic mass is 19.1. The molecule has 1 aliphatic heterocycles. The lowest BCUT2D eigenvalue weighted by Gasteiger charge is -2.29. The Balaban J connectivity index is 1.37. The molecule has 0 aliphatic carbocycles. The largest absolute Gasteiger partial charge is 0.378 e. The van der Waals surface area contributed by atoms with Crippen LogP contribution in [0.2, 0.25) is 0 Å². The Morgan fingerprint density at radius 2 is 1.81 bits per heavy atom. The molecule has 0 unspecified atom stereocenters. The lowest BCUT2D eigenvalue weighted by atomic mass is 10.1. The molecule has 3 heterocycles. The van der Waals surface area contributed by atoms with E-state index in [4.69, 9.17) is 4.74 Å². The lowest BCUT2D eigenvalue weighted by molar-refractivity contribution is 0.122. The standard InChI is InChI=1S/C23H22FN7O/c1-30-15-26-29-22(30)16-2-4-19(5-3-16)27-23-25-7-6-21(28-23)17-12-18(24)14-20(13-17)31-8-10-32-11-9-31/h2-7,12-15H,8-11H2,1H3,(H,25,27,28). The van der Waals surface area contributed by atoms with Crippen molar-refractivity contribution in [3.8, 4) is 22.6 Å². The molecule has 1 aliphatic rings. The smallest absolute Gasteiger partial charge is 0.227 e. The van der Waals surface area contributed by atoms with E-state index in [-0.39, 0.29) is 5.82 Å². The Labute approximate surface area is 184 Å². The van der Waals surface area contributed by atoms with Crippen molar-refractivity contribution in [1.82, 2.24) is 24.7 Å². The van der Waals surface area contributed by atoms with Gasteiger partial charge in [-0.15, -0.1) is 10.2 Å². The molecule has 1 saturated heterocycles. The van der Waals surface area contributed by atoms with E-state index in [1.807, 2.05) is 41.9 Å². The summed E-state index contributed by atoms with van der Waals surface area (Å²) in [6.07, 6.45) is 3.33. The third kappa shape index (κ3) is 4.28. The highest BCUT2D eigenvalue weighted by molar-refractivity contribution is 5.68. The summed E-state index contributed by atoms with van der Waals surface area (Å²) in [5, 5.41) is 11.2. The fourth-order valence-electron chi connectivity index (χ4n) is 3.68. The predicted molar refractivity (Wildman–Crippen MR) is 120 cm³/mol. The monoisotopic (exact) mass is 431 g/mol. The molecule has 1 fully saturated rings. The number of nitrogens with one attached hydrogen (secondary N) is 1. The molecule has 8 nitrogen and oxygen atoms in total. The molecule has 0 spiro atoms. The van der Waals surface area contributed by atoms with Crippen LogP contribution in [0.3, 0.4) is 0 Å². The predicted octanol–water partition coefficient (Wildman–Crippen LogP) is 3.66. The Morgan fingerprint density at radius 1 is 1.00 bits per heavy atom. The van der Waals surface area contributed by atoms with E-state index in [1.165, 1.54) is 6.07 Å². The highest BCUT2D eigenvalue weighted by Gasteiger charge is 2.14. The summed E-state index contributed by atoms with van der Waals surface area (Å²) < 4.78 is 21.6. The van der Waals surface area contributed by atoms with Crippen molar-refractivity contribution >= 4 is 17.3 Å². The Kier molecular flexibility index (Phi) is 5.47. The number of halogens is 1. The average molecular weight is 431 g/mol. The second-order valence-corrected chi connectivity index (χ2v) is 7.53. The van der Waals surface area contributed by atoms with Gasteiger partial charge < -0.3 is 19.5 Å². The minimum Gasteiger partial charge on any atom is -0.378 e. The summed E-state index contributed by atoms with van der Waals surface area (Å²) in [6, 6.07) is 14.5. The summed E-state index contributed by atoms with van der Waals surface area (Å²) in [5.41, 5.74) is 3.97. The zero-order valence-corrected chi connectivity index (χ0v) is 17.6. The van der Waals surface area contributed by atoms with Crippen molar-refractivity contribution in [3.05, 3.63) is 66.9 Å². The number of ether oxygens (including phenoxy) is 1. The molecular formula is C23H22FN7O. The van der Waals surface area contributed by atoms with Crippen molar-refractivity contribution in [2.24, 2.45) is 7.05 Å². The first-order valence-corrected chi connectivity index (χ1v) is 10.3. The van der Waals surface area contributed by atoms with Crippen LogP contribution >= 0.6 is 0 Å². The van der Waals surface area contributed by atoms with Crippen LogP contribution in [0.25, 0.3) is 22.6 Å². The second kappa shape index (κ2) is 8.72. The topological polar surface area (TPSA) is 81.0 Å². The fraction of sp³-hybridized carbons (Fsp3) is 0.217. The minimum atomic E-state index is -0.295. The fourth-order valence-corrected chi connectivity index (χ4v) is 3.68. The van der Waals surface area contributed by atoms with Crippen LogP contribution in [0.4, 0.5) is 21.7 Å². The summed E-state index contributed by atoms with van der Waals surface area (Å²) in [4.78, 5) is 11.0. The van der Waals surface area contributed by atoms with Crippen LogP contribution in [0.5, 0.6) is 0 Å². The summed E-state index contributed by atoms with van der Waals surface area (Å²) in [6.45, 7) is 2.76. The highest BCUT2D eigenvalue weighted by Crippen LogP contribution is 2.27. The van der Waals surface area contributed by atoms with Crippen LogP contribution in [0, 0.1) is 5.82 Å². The van der Waals surface area contributed by atoms with E-state index in [9.17, 15) is 4.39 Å².